The number of aromatic nitrogens is 2. The highest BCUT2D eigenvalue weighted by Crippen LogP contribution is 2.04. The molecule has 1 aromatic heterocycles. The number of rotatable bonds is 2. The second-order valence-corrected chi connectivity index (χ2v) is 2.43. The summed E-state index contributed by atoms with van der Waals surface area (Å²) in [5.41, 5.74) is 0.370. The van der Waals surface area contributed by atoms with Gasteiger partial charge in [-0.05, 0) is 6.92 Å². The lowest BCUT2D eigenvalue weighted by molar-refractivity contribution is -0.105. The largest absolute Gasteiger partial charge is 0.349 e. The van der Waals surface area contributed by atoms with E-state index in [0.29, 0.717) is 12.2 Å². The molecule has 0 unspecified atom stereocenters. The van der Waals surface area contributed by atoms with E-state index < -0.39 is 0 Å². The summed E-state index contributed by atoms with van der Waals surface area (Å²) in [7, 11) is 1.60. The smallest absolute Gasteiger partial charge is 0.313 e. The molecule has 0 aliphatic heterocycles. The van der Waals surface area contributed by atoms with Crippen LogP contribution in [0.1, 0.15) is 19.4 Å². The van der Waals surface area contributed by atoms with Crippen molar-refractivity contribution in [2.75, 3.05) is 5.32 Å². The van der Waals surface area contributed by atoms with Crippen molar-refractivity contribution in [2.45, 2.75) is 20.8 Å². The van der Waals surface area contributed by atoms with Crippen LogP contribution < -0.4 is 11.0 Å². The molecule has 78 valence electrons. The molecule has 0 aliphatic carbocycles. The second kappa shape index (κ2) is 5.90. The maximum atomic E-state index is 11.0. The van der Waals surface area contributed by atoms with Crippen molar-refractivity contribution >= 4 is 12.2 Å². The molecule has 1 rings (SSSR count). The minimum absolute atomic E-state index is 0.313. The molecule has 0 fully saturated rings. The Morgan fingerprint density at radius 1 is 1.50 bits per heavy atom. The number of aryl methyl sites for hydroxylation is 2. The summed E-state index contributed by atoms with van der Waals surface area (Å²) < 4.78 is 1.35. The molecule has 1 amide bonds. The third kappa shape index (κ3) is 3.01. The summed E-state index contributed by atoms with van der Waals surface area (Å²) in [5.74, 6) is 0.313. The molecule has 0 aromatic carbocycles. The monoisotopic (exact) mass is 197 g/mol. The van der Waals surface area contributed by atoms with E-state index in [1.165, 1.54) is 4.57 Å². The number of carbonyl (C=O) groups excluding carboxylic acids is 1. The van der Waals surface area contributed by atoms with Gasteiger partial charge in [-0.15, -0.1) is 0 Å². The summed E-state index contributed by atoms with van der Waals surface area (Å²) in [6.45, 7) is 5.76. The summed E-state index contributed by atoms with van der Waals surface area (Å²) in [6.07, 6.45) is 2.11. The fraction of sp³-hybridized carbons (Fsp3) is 0.444. The number of hydrogen-bond acceptors (Lipinski definition) is 3. The molecule has 0 saturated heterocycles. The van der Waals surface area contributed by atoms with Gasteiger partial charge in [-0.1, -0.05) is 13.8 Å². The molecule has 0 saturated carbocycles. The first-order valence-corrected chi connectivity index (χ1v) is 4.39. The van der Waals surface area contributed by atoms with Crippen LogP contribution in [0.5, 0.6) is 0 Å². The average molecular weight is 197 g/mol. The maximum Gasteiger partial charge on any atom is 0.349 e. The van der Waals surface area contributed by atoms with Crippen LogP contribution in [-0.2, 0) is 11.8 Å². The van der Waals surface area contributed by atoms with Gasteiger partial charge in [0, 0.05) is 18.8 Å². The predicted octanol–water partition coefficient (Wildman–Crippen LogP) is 0.683. The van der Waals surface area contributed by atoms with Gasteiger partial charge >= 0.3 is 5.69 Å². The van der Waals surface area contributed by atoms with E-state index in [0.717, 1.165) is 5.56 Å². The van der Waals surface area contributed by atoms with Gasteiger partial charge in [-0.3, -0.25) is 4.79 Å². The fourth-order valence-electron chi connectivity index (χ4n) is 0.871. The first-order valence-electron chi connectivity index (χ1n) is 4.39. The molecular formula is C9H15N3O2. The number of nitrogens with zero attached hydrogens (tertiary/aromatic N) is 2. The van der Waals surface area contributed by atoms with E-state index in [2.05, 4.69) is 10.3 Å². The Morgan fingerprint density at radius 3 is 2.57 bits per heavy atom. The van der Waals surface area contributed by atoms with Gasteiger partial charge in [0.05, 0.1) is 0 Å². The molecule has 0 atom stereocenters. The minimum atomic E-state index is -0.384. The quantitative estimate of drug-likeness (QED) is 0.709. The van der Waals surface area contributed by atoms with Crippen LogP contribution >= 0.6 is 0 Å². The SMILES string of the molecule is CC.Cc1cn(C)c(=O)nc1NC=O. The minimum Gasteiger partial charge on any atom is -0.313 e. The molecule has 0 spiro atoms. The standard InChI is InChI=1S/C7H9N3O2.C2H6/c1-5-3-10(2)7(12)9-6(5)8-4-11;1-2/h3-4H,1-2H3,(H,8,9,11,12);1-2H3. The number of carbonyl (C=O) groups is 1. The van der Waals surface area contributed by atoms with E-state index in [1.807, 2.05) is 13.8 Å². The van der Waals surface area contributed by atoms with E-state index in [9.17, 15) is 9.59 Å². The van der Waals surface area contributed by atoms with Crippen molar-refractivity contribution in [3.63, 3.8) is 0 Å². The lowest BCUT2D eigenvalue weighted by Crippen LogP contribution is -2.21. The zero-order valence-electron chi connectivity index (χ0n) is 8.87. The molecule has 1 heterocycles. The number of hydrogen-bond donors (Lipinski definition) is 1. The van der Waals surface area contributed by atoms with Crippen molar-refractivity contribution in [1.29, 1.82) is 0 Å². The molecule has 5 nitrogen and oxygen atoms in total. The zero-order chi connectivity index (χ0) is 11.1. The van der Waals surface area contributed by atoms with Crippen LogP contribution in [0.4, 0.5) is 5.82 Å². The highest BCUT2D eigenvalue weighted by molar-refractivity contribution is 5.70. The van der Waals surface area contributed by atoms with Gasteiger partial charge in [0.2, 0.25) is 6.41 Å². The molecule has 1 N–H and O–H groups in total. The molecule has 1 aromatic rings. The molecular weight excluding hydrogens is 182 g/mol. The Hall–Kier alpha value is -1.65. The Labute approximate surface area is 82.8 Å². The van der Waals surface area contributed by atoms with Gasteiger partial charge in [0.25, 0.3) is 0 Å². The highest BCUT2D eigenvalue weighted by atomic mass is 16.1. The Kier molecular flexibility index (Phi) is 5.21. The van der Waals surface area contributed by atoms with Crippen molar-refractivity contribution in [1.82, 2.24) is 9.55 Å². The second-order valence-electron chi connectivity index (χ2n) is 2.43. The van der Waals surface area contributed by atoms with Gasteiger partial charge in [0.15, 0.2) is 0 Å². The number of anilines is 1. The maximum absolute atomic E-state index is 11.0. The summed E-state index contributed by atoms with van der Waals surface area (Å²) >= 11 is 0. The van der Waals surface area contributed by atoms with Crippen molar-refractivity contribution in [2.24, 2.45) is 7.05 Å². The van der Waals surface area contributed by atoms with Gasteiger partial charge in [0.1, 0.15) is 5.82 Å². The molecule has 0 bridgehead atoms. The fourth-order valence-corrected chi connectivity index (χ4v) is 0.871. The van der Waals surface area contributed by atoms with Crippen LogP contribution in [-0.4, -0.2) is 16.0 Å². The van der Waals surface area contributed by atoms with Gasteiger partial charge < -0.3 is 9.88 Å². The Morgan fingerprint density at radius 2 is 2.07 bits per heavy atom. The lowest BCUT2D eigenvalue weighted by atomic mass is 10.3. The average Bonchev–Trinajstić information content (AvgIpc) is 2.18. The predicted molar refractivity (Wildman–Crippen MR) is 55.2 cm³/mol. The van der Waals surface area contributed by atoms with E-state index in [4.69, 9.17) is 0 Å². The number of nitrogens with one attached hydrogen (secondary N) is 1. The van der Waals surface area contributed by atoms with Gasteiger partial charge in [-0.2, -0.15) is 4.98 Å². The third-order valence-corrected chi connectivity index (χ3v) is 1.47. The summed E-state index contributed by atoms with van der Waals surface area (Å²) in [4.78, 5) is 24.7. The van der Waals surface area contributed by atoms with Crippen LogP contribution in [0, 0.1) is 6.92 Å². The highest BCUT2D eigenvalue weighted by Gasteiger charge is 2.00. The first-order chi connectivity index (χ1) is 6.65. The third-order valence-electron chi connectivity index (χ3n) is 1.47. The van der Waals surface area contributed by atoms with Crippen LogP contribution in [0.25, 0.3) is 0 Å². The van der Waals surface area contributed by atoms with Crippen LogP contribution in [0.15, 0.2) is 11.0 Å². The topological polar surface area (TPSA) is 64.0 Å². The molecule has 0 aliphatic rings. The molecule has 0 radical (unpaired) electrons. The summed E-state index contributed by atoms with van der Waals surface area (Å²) in [6, 6.07) is 0. The van der Waals surface area contributed by atoms with Gasteiger partial charge in [-0.25, -0.2) is 4.79 Å². The van der Waals surface area contributed by atoms with E-state index >= 15 is 0 Å². The van der Waals surface area contributed by atoms with Crippen LogP contribution in [0.3, 0.4) is 0 Å². The number of amides is 1. The molecule has 5 heteroatoms. The Bertz CT molecular complexity index is 358. The van der Waals surface area contributed by atoms with Crippen molar-refractivity contribution in [3.05, 3.63) is 22.2 Å². The van der Waals surface area contributed by atoms with Crippen molar-refractivity contribution in [3.8, 4) is 0 Å². The Balaban J connectivity index is 0.000000791. The molecule has 14 heavy (non-hydrogen) atoms. The summed E-state index contributed by atoms with van der Waals surface area (Å²) in [5, 5.41) is 2.34. The zero-order valence-corrected chi connectivity index (χ0v) is 8.87. The normalized spacial score (nSPS) is 8.57. The van der Waals surface area contributed by atoms with Crippen molar-refractivity contribution < 1.29 is 4.79 Å². The van der Waals surface area contributed by atoms with Crippen LogP contribution in [0.2, 0.25) is 0 Å². The van der Waals surface area contributed by atoms with E-state index in [1.54, 1.807) is 20.2 Å². The van der Waals surface area contributed by atoms with E-state index in [-0.39, 0.29) is 5.69 Å². The lowest BCUT2D eigenvalue weighted by Gasteiger charge is -2.03. The first kappa shape index (κ1) is 12.3.